The van der Waals surface area contributed by atoms with Gasteiger partial charge in [-0.1, -0.05) is 44.5 Å². The maximum Gasteiger partial charge on any atom is 0.326 e. The molecule has 2 aromatic rings. The third kappa shape index (κ3) is 4.35. The maximum atomic E-state index is 12.4. The molecular weight excluding hydrogens is 302 g/mol. The lowest BCUT2D eigenvalue weighted by molar-refractivity contribution is -0.115. The normalized spacial score (nSPS) is 12.5. The first kappa shape index (κ1) is 17.5. The van der Waals surface area contributed by atoms with E-state index >= 15 is 0 Å². The van der Waals surface area contributed by atoms with Gasteiger partial charge in [0.1, 0.15) is 6.54 Å². The van der Waals surface area contributed by atoms with Crippen molar-refractivity contribution in [3.05, 3.63) is 54.1 Å². The van der Waals surface area contributed by atoms with E-state index in [1.165, 1.54) is 11.3 Å². The number of hydrogen-bond donors (Lipinski definition) is 2. The molecule has 0 saturated carbocycles. The summed E-state index contributed by atoms with van der Waals surface area (Å²) >= 11 is 0. The molecule has 5 nitrogen and oxygen atoms in total. The standard InChI is InChI=1S/C16H15N3O2.C3H8/c1-11-5-4-6-12(9-11)17-16(21)19-10-15(20)18-13-7-2-3-8-14(13)19;1-3-2/h2-9H,10H2,1H3,(H,17,21)(H,18,20);3H2,1-2H3. The fraction of sp³-hybridized carbons (Fsp3) is 0.263. The van der Waals surface area contributed by atoms with E-state index in [0.29, 0.717) is 17.1 Å². The van der Waals surface area contributed by atoms with Crippen molar-refractivity contribution in [2.45, 2.75) is 27.2 Å². The molecule has 0 radical (unpaired) electrons. The Bertz CT molecular complexity index is 728. The highest BCUT2D eigenvalue weighted by molar-refractivity contribution is 6.12. The summed E-state index contributed by atoms with van der Waals surface area (Å²) in [5, 5.41) is 5.58. The van der Waals surface area contributed by atoms with Gasteiger partial charge in [0.25, 0.3) is 0 Å². The topological polar surface area (TPSA) is 61.4 Å². The van der Waals surface area contributed by atoms with E-state index in [2.05, 4.69) is 24.5 Å². The number of rotatable bonds is 1. The Morgan fingerprint density at radius 2 is 1.88 bits per heavy atom. The van der Waals surface area contributed by atoms with Gasteiger partial charge < -0.3 is 10.6 Å². The predicted octanol–water partition coefficient (Wildman–Crippen LogP) is 4.40. The van der Waals surface area contributed by atoms with Gasteiger partial charge in [-0.25, -0.2) is 4.79 Å². The van der Waals surface area contributed by atoms with Crippen molar-refractivity contribution in [1.29, 1.82) is 0 Å². The molecule has 5 heteroatoms. The minimum Gasteiger partial charge on any atom is -0.323 e. The van der Waals surface area contributed by atoms with E-state index in [1.807, 2.05) is 49.4 Å². The molecule has 0 aromatic heterocycles. The van der Waals surface area contributed by atoms with E-state index in [0.717, 1.165) is 5.56 Å². The van der Waals surface area contributed by atoms with Gasteiger partial charge in [-0.2, -0.15) is 0 Å². The van der Waals surface area contributed by atoms with Gasteiger partial charge in [-0.15, -0.1) is 0 Å². The van der Waals surface area contributed by atoms with E-state index in [1.54, 1.807) is 6.07 Å². The van der Waals surface area contributed by atoms with Crippen molar-refractivity contribution in [1.82, 2.24) is 0 Å². The highest BCUT2D eigenvalue weighted by atomic mass is 16.2. The molecule has 24 heavy (non-hydrogen) atoms. The molecule has 0 fully saturated rings. The summed E-state index contributed by atoms with van der Waals surface area (Å²) in [7, 11) is 0. The summed E-state index contributed by atoms with van der Waals surface area (Å²) in [6, 6.07) is 14.5. The fourth-order valence-corrected chi connectivity index (χ4v) is 2.33. The number of anilines is 3. The second-order valence-corrected chi connectivity index (χ2v) is 5.66. The summed E-state index contributed by atoms with van der Waals surface area (Å²) in [5.41, 5.74) is 3.11. The number of nitrogens with one attached hydrogen (secondary N) is 2. The summed E-state index contributed by atoms with van der Waals surface area (Å²) in [6.07, 6.45) is 1.25. The van der Waals surface area contributed by atoms with Gasteiger partial charge in [0.2, 0.25) is 5.91 Å². The monoisotopic (exact) mass is 325 g/mol. The second-order valence-electron chi connectivity index (χ2n) is 5.66. The molecule has 2 aromatic carbocycles. The summed E-state index contributed by atoms with van der Waals surface area (Å²) in [4.78, 5) is 25.6. The van der Waals surface area contributed by atoms with Crippen LogP contribution < -0.4 is 15.5 Å². The number of aryl methyl sites for hydroxylation is 1. The minimum atomic E-state index is -0.317. The van der Waals surface area contributed by atoms with Crippen LogP contribution in [0.5, 0.6) is 0 Å². The molecule has 1 aliphatic heterocycles. The molecule has 3 amide bonds. The summed E-state index contributed by atoms with van der Waals surface area (Å²) in [6.45, 7) is 6.22. The first-order chi connectivity index (χ1) is 11.5. The number of nitrogens with zero attached hydrogens (tertiary/aromatic N) is 1. The molecule has 1 aliphatic rings. The van der Waals surface area contributed by atoms with Gasteiger partial charge in [-0.3, -0.25) is 9.69 Å². The molecule has 2 N–H and O–H groups in total. The van der Waals surface area contributed by atoms with Crippen LogP contribution >= 0.6 is 0 Å². The summed E-state index contributed by atoms with van der Waals surface area (Å²) in [5.74, 6) is -0.201. The third-order valence-corrected chi connectivity index (χ3v) is 3.29. The number of carbonyl (C=O) groups is 2. The summed E-state index contributed by atoms with van der Waals surface area (Å²) < 4.78 is 0. The van der Waals surface area contributed by atoms with Gasteiger partial charge in [-0.05, 0) is 36.8 Å². The minimum absolute atomic E-state index is 0.00859. The highest BCUT2D eigenvalue weighted by Gasteiger charge is 2.26. The Labute approximate surface area is 142 Å². The zero-order valence-electron chi connectivity index (χ0n) is 14.3. The highest BCUT2D eigenvalue weighted by Crippen LogP contribution is 2.29. The van der Waals surface area contributed by atoms with Gasteiger partial charge >= 0.3 is 6.03 Å². The molecule has 0 unspecified atom stereocenters. The van der Waals surface area contributed by atoms with Crippen molar-refractivity contribution < 1.29 is 9.59 Å². The zero-order valence-corrected chi connectivity index (χ0v) is 14.3. The van der Waals surface area contributed by atoms with Gasteiger partial charge in [0, 0.05) is 5.69 Å². The van der Waals surface area contributed by atoms with Crippen molar-refractivity contribution in [2.75, 3.05) is 22.1 Å². The Hall–Kier alpha value is -2.82. The molecule has 0 aliphatic carbocycles. The van der Waals surface area contributed by atoms with Crippen LogP contribution in [0.1, 0.15) is 25.8 Å². The Morgan fingerprint density at radius 1 is 1.17 bits per heavy atom. The number of para-hydroxylation sites is 2. The van der Waals surface area contributed by atoms with Crippen LogP contribution in [0, 0.1) is 6.92 Å². The van der Waals surface area contributed by atoms with E-state index < -0.39 is 0 Å². The fourth-order valence-electron chi connectivity index (χ4n) is 2.33. The number of carbonyl (C=O) groups excluding carboxylic acids is 2. The molecule has 126 valence electrons. The smallest absolute Gasteiger partial charge is 0.323 e. The van der Waals surface area contributed by atoms with Gasteiger partial charge in [0.15, 0.2) is 0 Å². The number of amides is 3. The first-order valence-corrected chi connectivity index (χ1v) is 8.09. The van der Waals surface area contributed by atoms with Crippen LogP contribution in [0.15, 0.2) is 48.5 Å². The van der Waals surface area contributed by atoms with Gasteiger partial charge in [0.05, 0.1) is 11.4 Å². The number of fused-ring (bicyclic) bond motifs is 1. The quantitative estimate of drug-likeness (QED) is 0.816. The SMILES string of the molecule is CCC.Cc1cccc(NC(=O)N2CC(=O)Nc3ccccc32)c1. The predicted molar refractivity (Wildman–Crippen MR) is 98.6 cm³/mol. The molecule has 0 bridgehead atoms. The van der Waals surface area contributed by atoms with Crippen LogP contribution in [-0.2, 0) is 4.79 Å². The van der Waals surface area contributed by atoms with Crippen LogP contribution in [-0.4, -0.2) is 18.5 Å². The van der Waals surface area contributed by atoms with E-state index in [-0.39, 0.29) is 18.5 Å². The molecule has 1 heterocycles. The molecule has 0 spiro atoms. The van der Waals surface area contributed by atoms with Crippen molar-refractivity contribution >= 4 is 29.0 Å². The van der Waals surface area contributed by atoms with Crippen molar-refractivity contribution in [3.8, 4) is 0 Å². The van der Waals surface area contributed by atoms with E-state index in [9.17, 15) is 9.59 Å². The molecule has 3 rings (SSSR count). The van der Waals surface area contributed by atoms with Crippen LogP contribution in [0.4, 0.5) is 21.9 Å². The van der Waals surface area contributed by atoms with Crippen LogP contribution in [0.3, 0.4) is 0 Å². The number of benzene rings is 2. The van der Waals surface area contributed by atoms with Crippen molar-refractivity contribution in [3.63, 3.8) is 0 Å². The number of hydrogen-bond acceptors (Lipinski definition) is 2. The van der Waals surface area contributed by atoms with Crippen LogP contribution in [0.2, 0.25) is 0 Å². The lowest BCUT2D eigenvalue weighted by atomic mass is 10.2. The average molecular weight is 325 g/mol. The molecule has 0 saturated heterocycles. The Balaban J connectivity index is 0.000000647. The largest absolute Gasteiger partial charge is 0.326 e. The Kier molecular flexibility index (Phi) is 5.95. The first-order valence-electron chi connectivity index (χ1n) is 8.09. The van der Waals surface area contributed by atoms with Crippen molar-refractivity contribution in [2.24, 2.45) is 0 Å². The maximum absolute atomic E-state index is 12.4. The number of urea groups is 1. The lowest BCUT2D eigenvalue weighted by Gasteiger charge is -2.29. The zero-order chi connectivity index (χ0) is 17.5. The molecular formula is C19H23N3O2. The molecule has 0 atom stereocenters. The Morgan fingerprint density at radius 3 is 2.58 bits per heavy atom. The third-order valence-electron chi connectivity index (χ3n) is 3.29. The van der Waals surface area contributed by atoms with E-state index in [4.69, 9.17) is 0 Å². The average Bonchev–Trinajstić information content (AvgIpc) is 2.54. The second kappa shape index (κ2) is 8.15. The lowest BCUT2D eigenvalue weighted by Crippen LogP contribution is -2.44. The van der Waals surface area contributed by atoms with Crippen LogP contribution in [0.25, 0.3) is 0 Å².